The second-order valence-electron chi connectivity index (χ2n) is 4.14. The Hall–Kier alpha value is -2.13. The molecular formula is C13H18N4O2. The van der Waals surface area contributed by atoms with Gasteiger partial charge in [-0.1, -0.05) is 13.0 Å². The molecule has 6 heteroatoms. The van der Waals surface area contributed by atoms with Gasteiger partial charge in [-0.15, -0.1) is 0 Å². The summed E-state index contributed by atoms with van der Waals surface area (Å²) in [5.74, 6) is 0. The summed E-state index contributed by atoms with van der Waals surface area (Å²) >= 11 is 0. The number of nitrogens with one attached hydrogen (secondary N) is 1. The van der Waals surface area contributed by atoms with Gasteiger partial charge in [-0.2, -0.15) is 5.26 Å². The van der Waals surface area contributed by atoms with E-state index in [1.54, 1.807) is 19.2 Å². The summed E-state index contributed by atoms with van der Waals surface area (Å²) in [6, 6.07) is 7.27. The molecule has 0 saturated heterocycles. The van der Waals surface area contributed by atoms with Crippen LogP contribution in [0.1, 0.15) is 18.9 Å². The van der Waals surface area contributed by atoms with E-state index < -0.39 is 0 Å². The van der Waals surface area contributed by atoms with Gasteiger partial charge in [0.25, 0.3) is 5.69 Å². The number of anilines is 1. The highest BCUT2D eigenvalue weighted by Crippen LogP contribution is 2.25. The van der Waals surface area contributed by atoms with Gasteiger partial charge in [0.05, 0.1) is 11.0 Å². The lowest BCUT2D eigenvalue weighted by Gasteiger charge is -2.19. The Balaban J connectivity index is 2.87. The van der Waals surface area contributed by atoms with Crippen molar-refractivity contribution in [2.75, 3.05) is 25.5 Å². The number of hydrogen-bond acceptors (Lipinski definition) is 5. The van der Waals surface area contributed by atoms with Gasteiger partial charge in [0, 0.05) is 32.6 Å². The van der Waals surface area contributed by atoms with Crippen molar-refractivity contribution in [1.82, 2.24) is 4.90 Å². The fourth-order valence-corrected chi connectivity index (χ4v) is 1.85. The molecule has 1 rings (SSSR count). The van der Waals surface area contributed by atoms with E-state index in [2.05, 4.69) is 16.3 Å². The molecule has 0 aliphatic carbocycles. The highest BCUT2D eigenvalue weighted by Gasteiger charge is 2.14. The second-order valence-corrected chi connectivity index (χ2v) is 4.14. The Kier molecular flexibility index (Phi) is 5.76. The van der Waals surface area contributed by atoms with Gasteiger partial charge in [0.15, 0.2) is 0 Å². The Labute approximate surface area is 112 Å². The monoisotopic (exact) mass is 262 g/mol. The average Bonchev–Trinajstić information content (AvgIpc) is 2.43. The van der Waals surface area contributed by atoms with Gasteiger partial charge in [-0.25, -0.2) is 0 Å². The van der Waals surface area contributed by atoms with Gasteiger partial charge in [0.2, 0.25) is 0 Å². The van der Waals surface area contributed by atoms with Crippen LogP contribution in [-0.4, -0.2) is 30.0 Å². The molecule has 0 saturated carbocycles. The highest BCUT2D eigenvalue weighted by atomic mass is 16.6. The molecule has 102 valence electrons. The molecule has 6 nitrogen and oxygen atoms in total. The molecule has 0 aromatic heterocycles. The molecule has 0 bridgehead atoms. The van der Waals surface area contributed by atoms with Crippen LogP contribution in [0.2, 0.25) is 0 Å². The van der Waals surface area contributed by atoms with E-state index in [1.165, 1.54) is 0 Å². The van der Waals surface area contributed by atoms with Crippen LogP contribution in [0.25, 0.3) is 0 Å². The topological polar surface area (TPSA) is 82.2 Å². The van der Waals surface area contributed by atoms with E-state index in [0.29, 0.717) is 25.2 Å². The van der Waals surface area contributed by atoms with Crippen LogP contribution in [0, 0.1) is 21.4 Å². The van der Waals surface area contributed by atoms with Crippen molar-refractivity contribution < 1.29 is 4.92 Å². The van der Waals surface area contributed by atoms with Crippen LogP contribution < -0.4 is 5.32 Å². The van der Waals surface area contributed by atoms with Gasteiger partial charge in [0.1, 0.15) is 5.69 Å². The van der Waals surface area contributed by atoms with E-state index in [-0.39, 0.29) is 10.6 Å². The van der Waals surface area contributed by atoms with Crippen LogP contribution in [0.4, 0.5) is 11.4 Å². The van der Waals surface area contributed by atoms with Crippen LogP contribution in [-0.2, 0) is 6.54 Å². The van der Waals surface area contributed by atoms with Crippen molar-refractivity contribution >= 4 is 11.4 Å². The lowest BCUT2D eigenvalue weighted by molar-refractivity contribution is -0.384. The minimum absolute atomic E-state index is 0.0799. The van der Waals surface area contributed by atoms with E-state index >= 15 is 0 Å². The Bertz CT molecular complexity index is 482. The van der Waals surface area contributed by atoms with E-state index in [1.807, 2.05) is 13.0 Å². The molecule has 0 amide bonds. The fourth-order valence-electron chi connectivity index (χ4n) is 1.85. The van der Waals surface area contributed by atoms with Crippen molar-refractivity contribution in [2.24, 2.45) is 0 Å². The summed E-state index contributed by atoms with van der Waals surface area (Å²) in [6.07, 6.45) is 0.463. The molecule has 0 aliphatic heterocycles. The molecule has 1 aromatic carbocycles. The maximum atomic E-state index is 11.0. The summed E-state index contributed by atoms with van der Waals surface area (Å²) in [4.78, 5) is 12.7. The summed E-state index contributed by atoms with van der Waals surface area (Å²) in [7, 11) is 1.66. The zero-order valence-electron chi connectivity index (χ0n) is 11.2. The van der Waals surface area contributed by atoms with Crippen molar-refractivity contribution in [1.29, 1.82) is 5.26 Å². The molecule has 0 unspecified atom stereocenters. The number of nitro groups is 1. The normalized spacial score (nSPS) is 10.2. The smallest absolute Gasteiger partial charge is 0.292 e. The third kappa shape index (κ3) is 4.23. The van der Waals surface area contributed by atoms with E-state index in [9.17, 15) is 10.1 Å². The molecule has 1 aromatic rings. The largest absolute Gasteiger partial charge is 0.383 e. The summed E-state index contributed by atoms with van der Waals surface area (Å²) < 4.78 is 0. The Morgan fingerprint density at radius 3 is 2.79 bits per heavy atom. The maximum absolute atomic E-state index is 11.0. The van der Waals surface area contributed by atoms with Crippen molar-refractivity contribution in [3.8, 4) is 6.07 Å². The van der Waals surface area contributed by atoms with Crippen LogP contribution in [0.3, 0.4) is 0 Å². The number of nitro benzene ring substituents is 1. The number of nitriles is 1. The number of hydrogen-bond donors (Lipinski definition) is 1. The number of rotatable bonds is 7. The zero-order valence-corrected chi connectivity index (χ0v) is 11.2. The van der Waals surface area contributed by atoms with Gasteiger partial charge in [-0.05, 0) is 18.2 Å². The lowest BCUT2D eigenvalue weighted by atomic mass is 10.1. The first-order chi connectivity index (χ1) is 9.12. The third-order valence-electron chi connectivity index (χ3n) is 2.92. The first-order valence-electron chi connectivity index (χ1n) is 6.16. The maximum Gasteiger partial charge on any atom is 0.292 e. The Morgan fingerprint density at radius 2 is 2.26 bits per heavy atom. The minimum Gasteiger partial charge on any atom is -0.383 e. The second kappa shape index (κ2) is 7.34. The van der Waals surface area contributed by atoms with Gasteiger partial charge < -0.3 is 5.32 Å². The predicted octanol–water partition coefficient (Wildman–Crippen LogP) is 2.37. The number of nitrogens with zero attached hydrogens (tertiary/aromatic N) is 3. The minimum atomic E-state index is -0.388. The number of benzene rings is 1. The molecule has 0 radical (unpaired) electrons. The first kappa shape index (κ1) is 14.9. The van der Waals surface area contributed by atoms with Crippen LogP contribution >= 0.6 is 0 Å². The summed E-state index contributed by atoms with van der Waals surface area (Å²) in [6.45, 7) is 4.11. The van der Waals surface area contributed by atoms with Crippen molar-refractivity contribution in [3.63, 3.8) is 0 Å². The molecule has 0 heterocycles. The Morgan fingerprint density at radius 1 is 1.53 bits per heavy atom. The summed E-state index contributed by atoms with van der Waals surface area (Å²) in [5.41, 5.74) is 1.47. The molecule has 0 atom stereocenters. The van der Waals surface area contributed by atoms with E-state index in [0.717, 1.165) is 12.1 Å². The average molecular weight is 262 g/mol. The lowest BCUT2D eigenvalue weighted by Crippen LogP contribution is -2.23. The zero-order chi connectivity index (χ0) is 14.3. The van der Waals surface area contributed by atoms with Gasteiger partial charge >= 0.3 is 0 Å². The van der Waals surface area contributed by atoms with Crippen LogP contribution in [0.5, 0.6) is 0 Å². The van der Waals surface area contributed by atoms with Gasteiger partial charge in [-0.3, -0.25) is 15.0 Å². The summed E-state index contributed by atoms with van der Waals surface area (Å²) in [5, 5.41) is 22.4. The van der Waals surface area contributed by atoms with Crippen molar-refractivity contribution in [3.05, 3.63) is 33.9 Å². The quantitative estimate of drug-likeness (QED) is 0.602. The third-order valence-corrected chi connectivity index (χ3v) is 2.92. The first-order valence-corrected chi connectivity index (χ1v) is 6.16. The van der Waals surface area contributed by atoms with E-state index in [4.69, 9.17) is 5.26 Å². The molecular weight excluding hydrogens is 244 g/mol. The molecule has 0 spiro atoms. The SMILES string of the molecule is CCN(CCC#N)Cc1ccc(NC)c([N+](=O)[O-])c1. The molecule has 1 N–H and O–H groups in total. The molecule has 19 heavy (non-hydrogen) atoms. The van der Waals surface area contributed by atoms with Crippen LogP contribution in [0.15, 0.2) is 18.2 Å². The molecule has 0 aliphatic rings. The van der Waals surface area contributed by atoms with Crippen molar-refractivity contribution in [2.45, 2.75) is 19.9 Å². The highest BCUT2D eigenvalue weighted by molar-refractivity contribution is 5.62. The molecule has 0 fully saturated rings. The fraction of sp³-hybridized carbons (Fsp3) is 0.462. The standard InChI is InChI=1S/C13H18N4O2/c1-3-16(8-4-7-14)10-11-5-6-12(15-2)13(9-11)17(18)19/h5-6,9,15H,3-4,8,10H2,1-2H3. The predicted molar refractivity (Wildman–Crippen MR) is 73.8 cm³/mol.